The highest BCUT2D eigenvalue weighted by Gasteiger charge is 2.17. The zero-order valence-corrected chi connectivity index (χ0v) is 17.5. The Bertz CT molecular complexity index is 1090. The lowest BCUT2D eigenvalue weighted by Crippen LogP contribution is -2.29. The molecule has 0 radical (unpaired) electrons. The molecule has 0 aliphatic rings. The van der Waals surface area contributed by atoms with E-state index in [0.29, 0.717) is 11.3 Å². The minimum absolute atomic E-state index is 0.196. The number of benzene rings is 3. The first-order chi connectivity index (χ1) is 13.7. The van der Waals surface area contributed by atoms with E-state index in [9.17, 15) is 13.2 Å². The van der Waals surface area contributed by atoms with Crippen LogP contribution in [0.4, 0.5) is 11.4 Å². The average Bonchev–Trinajstić information content (AvgIpc) is 2.65. The van der Waals surface area contributed by atoms with Gasteiger partial charge in [-0.1, -0.05) is 36.4 Å². The molecule has 3 aromatic carbocycles. The molecule has 0 bridgehead atoms. The van der Waals surface area contributed by atoms with Crippen molar-refractivity contribution in [1.82, 2.24) is 0 Å². The molecule has 0 fully saturated rings. The number of anilines is 2. The van der Waals surface area contributed by atoms with E-state index in [1.165, 1.54) is 10.6 Å². The first-order valence-corrected chi connectivity index (χ1v) is 11.1. The van der Waals surface area contributed by atoms with Gasteiger partial charge in [0.25, 0.3) is 5.91 Å². The Balaban J connectivity index is 1.76. The summed E-state index contributed by atoms with van der Waals surface area (Å²) in [4.78, 5) is 12.5. The fourth-order valence-electron chi connectivity index (χ4n) is 3.17. The summed E-state index contributed by atoms with van der Waals surface area (Å²) in [5, 5.41) is 2.90. The summed E-state index contributed by atoms with van der Waals surface area (Å²) >= 11 is 0. The first-order valence-electron chi connectivity index (χ1n) is 9.24. The first kappa shape index (κ1) is 20.6. The second-order valence-electron chi connectivity index (χ2n) is 7.13. The summed E-state index contributed by atoms with van der Waals surface area (Å²) in [5.41, 5.74) is 4.83. The third-order valence-electron chi connectivity index (χ3n) is 4.47. The largest absolute Gasteiger partial charge is 0.322 e. The molecular formula is C23H24N2O3S. The number of carbonyl (C=O) groups excluding carboxylic acids is 1. The van der Waals surface area contributed by atoms with Gasteiger partial charge in [0, 0.05) is 11.3 Å². The molecule has 0 aliphatic heterocycles. The highest BCUT2D eigenvalue weighted by Crippen LogP contribution is 2.21. The third-order valence-corrected chi connectivity index (χ3v) is 5.61. The molecule has 0 saturated heterocycles. The minimum Gasteiger partial charge on any atom is -0.322 e. The summed E-state index contributed by atoms with van der Waals surface area (Å²) in [6, 6.07) is 21.8. The van der Waals surface area contributed by atoms with Gasteiger partial charge < -0.3 is 5.32 Å². The predicted molar refractivity (Wildman–Crippen MR) is 118 cm³/mol. The Hall–Kier alpha value is -3.12. The number of amides is 1. The van der Waals surface area contributed by atoms with Crippen LogP contribution < -0.4 is 9.62 Å². The van der Waals surface area contributed by atoms with Crippen LogP contribution in [0.1, 0.15) is 27.0 Å². The number of sulfonamides is 1. The van der Waals surface area contributed by atoms with Crippen molar-refractivity contribution in [2.75, 3.05) is 15.9 Å². The Kier molecular flexibility index (Phi) is 6.03. The number of para-hydroxylation sites is 1. The Morgan fingerprint density at radius 1 is 0.897 bits per heavy atom. The van der Waals surface area contributed by atoms with Crippen molar-refractivity contribution in [2.24, 2.45) is 0 Å². The zero-order valence-electron chi connectivity index (χ0n) is 16.7. The Morgan fingerprint density at radius 2 is 1.48 bits per heavy atom. The molecular weight excluding hydrogens is 384 g/mol. The Morgan fingerprint density at radius 3 is 2.03 bits per heavy atom. The maximum absolute atomic E-state index is 12.5. The van der Waals surface area contributed by atoms with Gasteiger partial charge in [-0.15, -0.1) is 0 Å². The van der Waals surface area contributed by atoms with Crippen molar-refractivity contribution in [2.45, 2.75) is 20.4 Å². The lowest BCUT2D eigenvalue weighted by molar-refractivity contribution is 0.102. The van der Waals surface area contributed by atoms with Crippen LogP contribution in [0.5, 0.6) is 0 Å². The van der Waals surface area contributed by atoms with Crippen LogP contribution in [0.3, 0.4) is 0 Å². The molecule has 0 aromatic heterocycles. The summed E-state index contributed by atoms with van der Waals surface area (Å²) < 4.78 is 25.8. The maximum atomic E-state index is 12.5. The summed E-state index contributed by atoms with van der Waals surface area (Å²) in [6.07, 6.45) is 1.19. The van der Waals surface area contributed by atoms with Crippen LogP contribution in [0.25, 0.3) is 0 Å². The van der Waals surface area contributed by atoms with E-state index in [1.807, 2.05) is 38.1 Å². The molecule has 29 heavy (non-hydrogen) atoms. The van der Waals surface area contributed by atoms with Gasteiger partial charge in [-0.25, -0.2) is 8.42 Å². The van der Waals surface area contributed by atoms with Crippen molar-refractivity contribution >= 4 is 27.3 Å². The lowest BCUT2D eigenvalue weighted by Gasteiger charge is -2.22. The van der Waals surface area contributed by atoms with Gasteiger partial charge in [0.15, 0.2) is 0 Å². The molecule has 0 atom stereocenters. The monoisotopic (exact) mass is 408 g/mol. The summed E-state index contributed by atoms with van der Waals surface area (Å²) in [6.45, 7) is 4.16. The summed E-state index contributed by atoms with van der Waals surface area (Å²) in [7, 11) is -3.44. The van der Waals surface area contributed by atoms with Crippen LogP contribution in [0, 0.1) is 13.8 Å². The number of hydrogen-bond acceptors (Lipinski definition) is 3. The van der Waals surface area contributed by atoms with E-state index >= 15 is 0 Å². The van der Waals surface area contributed by atoms with Gasteiger partial charge in [0.2, 0.25) is 10.0 Å². The van der Waals surface area contributed by atoms with Crippen molar-refractivity contribution in [3.05, 3.63) is 95.1 Å². The van der Waals surface area contributed by atoms with E-state index in [4.69, 9.17) is 0 Å². The second-order valence-corrected chi connectivity index (χ2v) is 9.04. The predicted octanol–water partition coefficient (Wildman–Crippen LogP) is 4.52. The number of nitrogens with one attached hydrogen (secondary N) is 1. The molecule has 0 saturated carbocycles. The number of aryl methyl sites for hydroxylation is 2. The third kappa shape index (κ3) is 5.45. The van der Waals surface area contributed by atoms with E-state index < -0.39 is 10.0 Å². The quantitative estimate of drug-likeness (QED) is 0.652. The molecule has 0 spiro atoms. The number of carbonyl (C=O) groups is 1. The smallest absolute Gasteiger partial charge is 0.255 e. The number of rotatable bonds is 6. The fourth-order valence-corrected chi connectivity index (χ4v) is 4.06. The van der Waals surface area contributed by atoms with Crippen LogP contribution in [-0.4, -0.2) is 20.6 Å². The normalized spacial score (nSPS) is 11.1. The summed E-state index contributed by atoms with van der Waals surface area (Å²) in [5.74, 6) is -0.204. The van der Waals surface area contributed by atoms with Crippen molar-refractivity contribution in [3.8, 4) is 0 Å². The molecule has 0 heterocycles. The molecule has 150 valence electrons. The van der Waals surface area contributed by atoms with Gasteiger partial charge >= 0.3 is 0 Å². The van der Waals surface area contributed by atoms with Gasteiger partial charge in [-0.2, -0.15) is 0 Å². The second kappa shape index (κ2) is 8.49. The van der Waals surface area contributed by atoms with Gasteiger partial charge in [0.05, 0.1) is 18.5 Å². The molecule has 3 aromatic rings. The molecule has 1 N–H and O–H groups in total. The van der Waals surface area contributed by atoms with E-state index in [0.717, 1.165) is 22.4 Å². The maximum Gasteiger partial charge on any atom is 0.255 e. The van der Waals surface area contributed by atoms with E-state index in [2.05, 4.69) is 5.32 Å². The topological polar surface area (TPSA) is 66.5 Å². The zero-order chi connectivity index (χ0) is 21.0. The van der Waals surface area contributed by atoms with E-state index in [1.54, 1.807) is 48.5 Å². The van der Waals surface area contributed by atoms with Crippen LogP contribution >= 0.6 is 0 Å². The molecule has 3 rings (SSSR count). The highest BCUT2D eigenvalue weighted by molar-refractivity contribution is 7.92. The lowest BCUT2D eigenvalue weighted by atomic mass is 10.1. The highest BCUT2D eigenvalue weighted by atomic mass is 32.2. The van der Waals surface area contributed by atoms with Gasteiger partial charge in [-0.3, -0.25) is 9.10 Å². The van der Waals surface area contributed by atoms with Crippen LogP contribution in [0.2, 0.25) is 0 Å². The van der Waals surface area contributed by atoms with Gasteiger partial charge in [0.1, 0.15) is 0 Å². The van der Waals surface area contributed by atoms with E-state index in [-0.39, 0.29) is 12.5 Å². The van der Waals surface area contributed by atoms with Crippen molar-refractivity contribution < 1.29 is 13.2 Å². The van der Waals surface area contributed by atoms with Gasteiger partial charge in [-0.05, 0) is 66.9 Å². The molecule has 5 nitrogen and oxygen atoms in total. The molecule has 1 amide bonds. The fraction of sp³-hybridized carbons (Fsp3) is 0.174. The Labute approximate surface area is 172 Å². The van der Waals surface area contributed by atoms with Crippen LogP contribution in [-0.2, 0) is 16.6 Å². The minimum atomic E-state index is -3.44. The molecule has 0 aliphatic carbocycles. The SMILES string of the molecule is Cc1cc(C)cc(NC(=O)c2ccc(CN(c3ccccc3)S(C)(=O)=O)cc2)c1. The van der Waals surface area contributed by atoms with Crippen LogP contribution in [0.15, 0.2) is 72.8 Å². The van der Waals surface area contributed by atoms with Crippen molar-refractivity contribution in [3.63, 3.8) is 0 Å². The average molecular weight is 409 g/mol. The van der Waals surface area contributed by atoms with Crippen molar-refractivity contribution in [1.29, 1.82) is 0 Å². The number of nitrogens with zero attached hydrogens (tertiary/aromatic N) is 1. The standard InChI is InChI=1S/C23H24N2O3S/c1-17-13-18(2)15-21(14-17)24-23(26)20-11-9-19(10-12-20)16-25(29(3,27)28)22-7-5-4-6-8-22/h4-15H,16H2,1-3H3,(H,24,26). The molecule has 6 heteroatoms. The number of hydrogen-bond donors (Lipinski definition) is 1. The molecule has 0 unspecified atom stereocenters.